The first kappa shape index (κ1) is 19.7. The van der Waals surface area contributed by atoms with Gasteiger partial charge in [-0.1, -0.05) is 6.07 Å². The molecule has 4 nitrogen and oxygen atoms in total. The predicted octanol–water partition coefficient (Wildman–Crippen LogP) is 3.79. The Labute approximate surface area is 157 Å². The van der Waals surface area contributed by atoms with Gasteiger partial charge in [-0.05, 0) is 83.4 Å². The first-order chi connectivity index (χ1) is 11.6. The van der Waals surface area contributed by atoms with Crippen molar-refractivity contribution in [2.45, 2.75) is 66.0 Å². The number of amides is 1. The van der Waals surface area contributed by atoms with Crippen LogP contribution in [0.1, 0.15) is 51.7 Å². The second-order valence-corrected chi connectivity index (χ2v) is 8.10. The summed E-state index contributed by atoms with van der Waals surface area (Å²) in [5, 5.41) is 4.14. The second-order valence-electron chi connectivity index (χ2n) is 7.72. The first-order valence-corrected chi connectivity index (χ1v) is 9.52. The van der Waals surface area contributed by atoms with Crippen molar-refractivity contribution >= 4 is 28.9 Å². The average Bonchev–Trinajstić information content (AvgIpc) is 2.49. The Morgan fingerprint density at radius 2 is 2.04 bits per heavy atom. The number of benzene rings is 1. The minimum absolute atomic E-state index is 0.0197. The number of aryl methyl sites for hydroxylation is 2. The van der Waals surface area contributed by atoms with Gasteiger partial charge in [0.05, 0.1) is 0 Å². The molecular weight excluding hydrogens is 330 g/mol. The van der Waals surface area contributed by atoms with Gasteiger partial charge in [-0.25, -0.2) is 0 Å². The third-order valence-corrected chi connectivity index (χ3v) is 5.37. The van der Waals surface area contributed by atoms with Crippen LogP contribution >= 0.6 is 12.2 Å². The highest BCUT2D eigenvalue weighted by Crippen LogP contribution is 2.23. The first-order valence-electron chi connectivity index (χ1n) is 9.11. The smallest absolute Gasteiger partial charge is 0.228 e. The summed E-state index contributed by atoms with van der Waals surface area (Å²) in [4.78, 5) is 16.8. The minimum atomic E-state index is 0.0197. The van der Waals surface area contributed by atoms with E-state index in [0.29, 0.717) is 25.6 Å². The molecule has 0 saturated carbocycles. The van der Waals surface area contributed by atoms with Crippen LogP contribution in [0, 0.1) is 13.8 Å². The summed E-state index contributed by atoms with van der Waals surface area (Å²) in [5.41, 5.74) is 3.45. The predicted molar refractivity (Wildman–Crippen MR) is 109 cm³/mol. The van der Waals surface area contributed by atoms with E-state index in [0.717, 1.165) is 17.2 Å². The van der Waals surface area contributed by atoms with Crippen molar-refractivity contribution in [2.24, 2.45) is 0 Å². The minimum Gasteiger partial charge on any atom is -0.358 e. The Kier molecular flexibility index (Phi) is 6.09. The Bertz CT molecular complexity index is 656. The average molecular weight is 362 g/mol. The maximum Gasteiger partial charge on any atom is 0.228 e. The molecule has 1 aromatic rings. The number of nitrogens with one attached hydrogen (secondary N) is 1. The van der Waals surface area contributed by atoms with Crippen LogP contribution in [-0.4, -0.2) is 40.6 Å². The Hall–Kier alpha value is -1.62. The van der Waals surface area contributed by atoms with Crippen molar-refractivity contribution < 1.29 is 4.79 Å². The number of hydrogen-bond acceptors (Lipinski definition) is 2. The molecule has 0 radical (unpaired) electrons. The number of hydrogen-bond donors (Lipinski definition) is 1. The summed E-state index contributed by atoms with van der Waals surface area (Å²) in [6, 6.07) is 6.54. The number of nitrogens with zero attached hydrogens (tertiary/aromatic N) is 2. The SMILES string of the molecule is CCN(C(=O)CCN1C(=S)NC(C)(C)C[C@H]1C)c1ccc(C)c(C)c1. The Morgan fingerprint density at radius 1 is 1.36 bits per heavy atom. The second kappa shape index (κ2) is 7.73. The fraction of sp³-hybridized carbons (Fsp3) is 0.600. The molecule has 1 atom stereocenters. The summed E-state index contributed by atoms with van der Waals surface area (Å²) in [6.45, 7) is 14.0. The summed E-state index contributed by atoms with van der Waals surface area (Å²) in [5.74, 6) is 0.144. The van der Waals surface area contributed by atoms with E-state index in [1.54, 1.807) is 0 Å². The van der Waals surface area contributed by atoms with Gasteiger partial charge in [0.2, 0.25) is 5.91 Å². The zero-order valence-corrected chi connectivity index (χ0v) is 17.2. The molecule has 1 fully saturated rings. The van der Waals surface area contributed by atoms with Crippen molar-refractivity contribution in [1.82, 2.24) is 10.2 Å². The van der Waals surface area contributed by atoms with Crippen LogP contribution < -0.4 is 10.2 Å². The van der Waals surface area contributed by atoms with Gasteiger partial charge in [0, 0.05) is 36.8 Å². The largest absolute Gasteiger partial charge is 0.358 e. The standard InChI is InChI=1S/C20H31N3OS/c1-7-22(17-9-8-14(2)15(3)12-17)18(24)10-11-23-16(4)13-20(5,6)21-19(23)25/h8-9,12,16H,7,10-11,13H2,1-6H3,(H,21,25)/t16-/m1/s1. The van der Waals surface area contributed by atoms with E-state index in [4.69, 9.17) is 12.2 Å². The third kappa shape index (κ3) is 4.72. The molecule has 1 aromatic carbocycles. The van der Waals surface area contributed by atoms with Gasteiger partial charge < -0.3 is 15.1 Å². The van der Waals surface area contributed by atoms with Crippen LogP contribution in [0.2, 0.25) is 0 Å². The molecule has 1 saturated heterocycles. The van der Waals surface area contributed by atoms with Gasteiger partial charge in [0.25, 0.3) is 0 Å². The lowest BCUT2D eigenvalue weighted by molar-refractivity contribution is -0.118. The fourth-order valence-electron chi connectivity index (χ4n) is 3.53. The molecule has 1 aliphatic rings. The van der Waals surface area contributed by atoms with Gasteiger partial charge in [-0.15, -0.1) is 0 Å². The molecule has 1 heterocycles. The molecule has 0 aromatic heterocycles. The maximum absolute atomic E-state index is 12.8. The third-order valence-electron chi connectivity index (χ3n) is 5.03. The van der Waals surface area contributed by atoms with Crippen LogP contribution in [-0.2, 0) is 4.79 Å². The zero-order chi connectivity index (χ0) is 18.8. The van der Waals surface area contributed by atoms with E-state index in [2.05, 4.69) is 57.0 Å². The molecule has 0 spiro atoms. The lowest BCUT2D eigenvalue weighted by atomic mass is 9.93. The molecule has 0 bridgehead atoms. The molecular formula is C20H31N3OS. The number of rotatable bonds is 5. The maximum atomic E-state index is 12.8. The highest BCUT2D eigenvalue weighted by molar-refractivity contribution is 7.80. The fourth-order valence-corrected chi connectivity index (χ4v) is 4.08. The lowest BCUT2D eigenvalue weighted by Gasteiger charge is -2.44. The molecule has 0 unspecified atom stereocenters. The normalized spacial score (nSPS) is 19.5. The van der Waals surface area contributed by atoms with E-state index in [9.17, 15) is 4.79 Å². The summed E-state index contributed by atoms with van der Waals surface area (Å²) >= 11 is 5.51. The van der Waals surface area contributed by atoms with Gasteiger partial charge in [0.15, 0.2) is 5.11 Å². The van der Waals surface area contributed by atoms with Crippen molar-refractivity contribution in [3.8, 4) is 0 Å². The van der Waals surface area contributed by atoms with Crippen molar-refractivity contribution in [2.75, 3.05) is 18.0 Å². The Morgan fingerprint density at radius 3 is 2.60 bits per heavy atom. The molecule has 0 aliphatic carbocycles. The molecule has 2 rings (SSSR count). The van der Waals surface area contributed by atoms with Crippen LogP contribution in [0.4, 0.5) is 5.69 Å². The van der Waals surface area contributed by atoms with Gasteiger partial charge >= 0.3 is 0 Å². The van der Waals surface area contributed by atoms with Crippen LogP contribution in [0.15, 0.2) is 18.2 Å². The molecule has 1 aliphatic heterocycles. The summed E-state index contributed by atoms with van der Waals surface area (Å²) < 4.78 is 0. The number of carbonyl (C=O) groups excluding carboxylic acids is 1. The van der Waals surface area contributed by atoms with E-state index >= 15 is 0 Å². The number of anilines is 1. The van der Waals surface area contributed by atoms with E-state index in [1.807, 2.05) is 17.9 Å². The molecule has 25 heavy (non-hydrogen) atoms. The monoisotopic (exact) mass is 361 g/mol. The topological polar surface area (TPSA) is 35.6 Å². The lowest BCUT2D eigenvalue weighted by Crippen LogP contribution is -2.60. The number of carbonyl (C=O) groups is 1. The van der Waals surface area contributed by atoms with Crippen molar-refractivity contribution in [3.63, 3.8) is 0 Å². The van der Waals surface area contributed by atoms with Gasteiger partial charge in [-0.3, -0.25) is 4.79 Å². The zero-order valence-electron chi connectivity index (χ0n) is 16.3. The van der Waals surface area contributed by atoms with Gasteiger partial charge in [0.1, 0.15) is 0 Å². The van der Waals surface area contributed by atoms with E-state index < -0.39 is 0 Å². The quantitative estimate of drug-likeness (QED) is 0.809. The molecule has 5 heteroatoms. The van der Waals surface area contributed by atoms with Crippen LogP contribution in [0.5, 0.6) is 0 Å². The number of thiocarbonyl (C=S) groups is 1. The summed E-state index contributed by atoms with van der Waals surface area (Å²) in [7, 11) is 0. The highest BCUT2D eigenvalue weighted by atomic mass is 32.1. The molecule has 1 N–H and O–H groups in total. The summed E-state index contributed by atoms with van der Waals surface area (Å²) in [6.07, 6.45) is 1.48. The van der Waals surface area contributed by atoms with Gasteiger partial charge in [-0.2, -0.15) is 0 Å². The Balaban J connectivity index is 2.02. The van der Waals surface area contributed by atoms with Crippen LogP contribution in [0.25, 0.3) is 0 Å². The van der Waals surface area contributed by atoms with Crippen molar-refractivity contribution in [1.29, 1.82) is 0 Å². The van der Waals surface area contributed by atoms with E-state index in [-0.39, 0.29) is 11.4 Å². The molecule has 1 amide bonds. The molecule has 138 valence electrons. The van der Waals surface area contributed by atoms with Crippen molar-refractivity contribution in [3.05, 3.63) is 29.3 Å². The highest BCUT2D eigenvalue weighted by Gasteiger charge is 2.33. The van der Waals surface area contributed by atoms with Crippen LogP contribution in [0.3, 0.4) is 0 Å². The van der Waals surface area contributed by atoms with E-state index in [1.165, 1.54) is 11.1 Å².